The summed E-state index contributed by atoms with van der Waals surface area (Å²) in [5.74, 6) is -0.537. The van der Waals surface area contributed by atoms with Gasteiger partial charge in [-0.15, -0.1) is 0 Å². The summed E-state index contributed by atoms with van der Waals surface area (Å²) in [6.45, 7) is 1.82. The van der Waals surface area contributed by atoms with Crippen LogP contribution < -0.4 is 6.15 Å². The minimum absolute atomic E-state index is 0. The van der Waals surface area contributed by atoms with E-state index in [0.29, 0.717) is 13.0 Å². The predicted molar refractivity (Wildman–Crippen MR) is 37.7 cm³/mol. The van der Waals surface area contributed by atoms with E-state index >= 15 is 0 Å². The third kappa shape index (κ3) is 2.55. The highest BCUT2D eigenvalue weighted by Crippen LogP contribution is 2.09. The molecule has 1 saturated heterocycles. The zero-order chi connectivity index (χ0) is 7.56. The van der Waals surface area contributed by atoms with Gasteiger partial charge in [0.25, 0.3) is 5.91 Å². The summed E-state index contributed by atoms with van der Waals surface area (Å²) < 4.78 is 0. The molecular formula is C6H12N2O3. The van der Waals surface area contributed by atoms with E-state index in [1.54, 1.807) is 0 Å². The number of carbonyl (C=O) groups is 2. The van der Waals surface area contributed by atoms with Gasteiger partial charge in [-0.3, -0.25) is 9.59 Å². The highest BCUT2D eigenvalue weighted by atomic mass is 16.7. The number of hydrogen-bond acceptors (Lipinski definition) is 4. The van der Waals surface area contributed by atoms with Crippen molar-refractivity contribution in [3.8, 4) is 0 Å². The molecule has 5 nitrogen and oxygen atoms in total. The van der Waals surface area contributed by atoms with Crippen LogP contribution in [0.4, 0.5) is 0 Å². The summed E-state index contributed by atoms with van der Waals surface area (Å²) >= 11 is 0. The lowest BCUT2D eigenvalue weighted by molar-refractivity contribution is -0.190. The minimum Gasteiger partial charge on any atom is -0.344 e. The quantitative estimate of drug-likeness (QED) is 0.596. The molecule has 64 valence electrons. The highest BCUT2D eigenvalue weighted by molar-refractivity contribution is 5.79. The first-order valence-electron chi connectivity index (χ1n) is 3.19. The van der Waals surface area contributed by atoms with Gasteiger partial charge in [0.05, 0.1) is 6.54 Å². The lowest BCUT2D eigenvalue weighted by atomic mass is 10.4. The Morgan fingerprint density at radius 1 is 1.64 bits per heavy atom. The normalized spacial score (nSPS) is 16.1. The Labute approximate surface area is 64.8 Å². The fraction of sp³-hybridized carbons (Fsp3) is 0.667. The zero-order valence-corrected chi connectivity index (χ0v) is 6.50. The third-order valence-corrected chi connectivity index (χ3v) is 1.27. The molecule has 11 heavy (non-hydrogen) atoms. The number of carbonyl (C=O) groups excluding carboxylic acids is 2. The van der Waals surface area contributed by atoms with Crippen molar-refractivity contribution in [2.75, 3.05) is 6.54 Å². The largest absolute Gasteiger partial charge is 0.344 e. The maximum Gasteiger partial charge on any atom is 0.329 e. The maximum atomic E-state index is 10.8. The first-order chi connectivity index (χ1) is 4.70. The molecule has 5 heteroatoms. The summed E-state index contributed by atoms with van der Waals surface area (Å²) in [5, 5.41) is 1.11. The highest BCUT2D eigenvalue weighted by Gasteiger charge is 2.22. The summed E-state index contributed by atoms with van der Waals surface area (Å²) in [7, 11) is 0. The van der Waals surface area contributed by atoms with Gasteiger partial charge in [-0.05, 0) is 6.42 Å². The van der Waals surface area contributed by atoms with E-state index in [9.17, 15) is 9.59 Å². The maximum absolute atomic E-state index is 10.8. The first kappa shape index (κ1) is 9.90. The molecule has 1 aliphatic heterocycles. The summed E-state index contributed by atoms with van der Waals surface area (Å²) in [5.41, 5.74) is 0. The van der Waals surface area contributed by atoms with Crippen LogP contribution in [0.1, 0.15) is 19.8 Å². The fourth-order valence-corrected chi connectivity index (χ4v) is 0.875. The number of nitrogens with zero attached hydrogens (tertiary/aromatic N) is 1. The lowest BCUT2D eigenvalue weighted by Gasteiger charge is -2.11. The molecule has 1 fully saturated rings. The molecule has 0 aromatic rings. The number of hydrogen-bond donors (Lipinski definition) is 1. The molecule has 1 heterocycles. The van der Waals surface area contributed by atoms with E-state index in [0.717, 1.165) is 11.5 Å². The molecule has 0 saturated carbocycles. The molecule has 1 aliphatic rings. The Bertz CT molecular complexity index is 169. The summed E-state index contributed by atoms with van der Waals surface area (Å²) in [6.07, 6.45) is 1.28. The van der Waals surface area contributed by atoms with Crippen LogP contribution in [0.25, 0.3) is 0 Å². The fourth-order valence-electron chi connectivity index (χ4n) is 0.875. The van der Waals surface area contributed by atoms with Crippen LogP contribution in [0.5, 0.6) is 0 Å². The van der Waals surface area contributed by atoms with Crippen LogP contribution in [0.3, 0.4) is 0 Å². The number of hydroxylamine groups is 2. The topological polar surface area (TPSA) is 81.6 Å². The summed E-state index contributed by atoms with van der Waals surface area (Å²) in [4.78, 5) is 25.7. The van der Waals surface area contributed by atoms with Crippen LogP contribution in [-0.2, 0) is 14.4 Å². The average molecular weight is 160 g/mol. The van der Waals surface area contributed by atoms with Crippen molar-refractivity contribution in [2.45, 2.75) is 19.8 Å². The molecule has 0 radical (unpaired) electrons. The van der Waals surface area contributed by atoms with E-state index in [2.05, 4.69) is 4.84 Å². The van der Waals surface area contributed by atoms with Crippen molar-refractivity contribution in [3.63, 3.8) is 0 Å². The van der Waals surface area contributed by atoms with Crippen molar-refractivity contribution in [1.82, 2.24) is 11.2 Å². The van der Waals surface area contributed by atoms with E-state index in [1.807, 2.05) is 0 Å². The van der Waals surface area contributed by atoms with Crippen LogP contribution in [-0.4, -0.2) is 23.5 Å². The molecule has 0 unspecified atom stereocenters. The average Bonchev–Trinajstić information content (AvgIpc) is 2.15. The van der Waals surface area contributed by atoms with Gasteiger partial charge in [0, 0.05) is 13.3 Å². The van der Waals surface area contributed by atoms with Crippen LogP contribution in [0.2, 0.25) is 0 Å². The second-order valence-electron chi connectivity index (χ2n) is 2.18. The monoisotopic (exact) mass is 160 g/mol. The molecule has 0 aliphatic carbocycles. The van der Waals surface area contributed by atoms with Crippen molar-refractivity contribution in [1.29, 1.82) is 0 Å². The first-order valence-corrected chi connectivity index (χ1v) is 3.19. The molecular weight excluding hydrogens is 148 g/mol. The number of amides is 1. The smallest absolute Gasteiger partial charge is 0.329 e. The molecule has 1 rings (SSSR count). The van der Waals surface area contributed by atoms with Gasteiger partial charge < -0.3 is 11.0 Å². The van der Waals surface area contributed by atoms with Crippen LogP contribution in [0.15, 0.2) is 0 Å². The van der Waals surface area contributed by atoms with Crippen molar-refractivity contribution < 1.29 is 14.4 Å². The molecule has 0 bridgehead atoms. The molecule has 0 atom stereocenters. The van der Waals surface area contributed by atoms with Gasteiger partial charge in [-0.1, -0.05) is 0 Å². The molecule has 1 amide bonds. The number of rotatable bonds is 1. The Kier molecular flexibility index (Phi) is 3.53. The second kappa shape index (κ2) is 3.92. The summed E-state index contributed by atoms with van der Waals surface area (Å²) in [6, 6.07) is 0. The Hall–Kier alpha value is -1.10. The standard InChI is InChI=1S/C6H9NO3.H3N/c1-5(8)10-7-4-2-3-6(7)9;/h2-4H2,1H3;1H3. The molecule has 0 spiro atoms. The third-order valence-electron chi connectivity index (χ3n) is 1.27. The minimum atomic E-state index is -0.435. The van der Waals surface area contributed by atoms with E-state index < -0.39 is 5.97 Å². The molecule has 3 N–H and O–H groups in total. The Balaban J connectivity index is 0.000001000. The van der Waals surface area contributed by atoms with Crippen molar-refractivity contribution in [3.05, 3.63) is 0 Å². The van der Waals surface area contributed by atoms with Gasteiger partial charge in [0.1, 0.15) is 0 Å². The lowest BCUT2D eigenvalue weighted by Crippen LogP contribution is -2.26. The SMILES string of the molecule is CC(=O)ON1CCCC1=O.N. The second-order valence-corrected chi connectivity index (χ2v) is 2.18. The zero-order valence-electron chi connectivity index (χ0n) is 6.50. The van der Waals surface area contributed by atoms with Gasteiger partial charge >= 0.3 is 5.97 Å². The Morgan fingerprint density at radius 3 is 2.64 bits per heavy atom. The van der Waals surface area contributed by atoms with Gasteiger partial charge in [-0.25, -0.2) is 0 Å². The van der Waals surface area contributed by atoms with E-state index in [4.69, 9.17) is 0 Å². The molecule has 0 aromatic carbocycles. The van der Waals surface area contributed by atoms with Crippen LogP contribution >= 0.6 is 0 Å². The van der Waals surface area contributed by atoms with Crippen LogP contribution in [0, 0.1) is 0 Å². The van der Waals surface area contributed by atoms with Gasteiger partial charge in [-0.2, -0.15) is 5.06 Å². The van der Waals surface area contributed by atoms with Crippen molar-refractivity contribution in [2.24, 2.45) is 0 Å². The Morgan fingerprint density at radius 2 is 2.27 bits per heavy atom. The van der Waals surface area contributed by atoms with E-state index in [1.165, 1.54) is 6.92 Å². The van der Waals surface area contributed by atoms with Crippen molar-refractivity contribution >= 4 is 11.9 Å². The molecule has 0 aromatic heterocycles. The predicted octanol–water partition coefficient (Wildman–Crippen LogP) is 0.249. The van der Waals surface area contributed by atoms with Gasteiger partial charge in [0.15, 0.2) is 0 Å². The van der Waals surface area contributed by atoms with Gasteiger partial charge in [0.2, 0.25) is 0 Å². The van der Waals surface area contributed by atoms with E-state index in [-0.39, 0.29) is 12.1 Å².